The molecule has 1 aliphatic carbocycles. The van der Waals surface area contributed by atoms with Gasteiger partial charge in [-0.2, -0.15) is 5.11 Å². The summed E-state index contributed by atoms with van der Waals surface area (Å²) in [5, 5.41) is 40.7. The molecule has 1 heterocycles. The highest BCUT2D eigenvalue weighted by Gasteiger charge is 2.58. The van der Waals surface area contributed by atoms with Crippen LogP contribution in [0.2, 0.25) is 0 Å². The molecule has 93 valence electrons. The summed E-state index contributed by atoms with van der Waals surface area (Å²) < 4.78 is 5.16. The average molecular weight is 231 g/mol. The van der Waals surface area contributed by atoms with E-state index < -0.39 is 30.7 Å². The third-order valence-electron chi connectivity index (χ3n) is 3.81. The number of hydrogen-bond acceptors (Lipinski definition) is 4. The van der Waals surface area contributed by atoms with Crippen LogP contribution in [0.4, 0.5) is 0 Å². The standard InChI is InChI=1S/C11H19O5/c12-6-8-9(13)10(14)11(15,16-8)7-4-2-1-3-5-7/h7-10,12-14H,1-6H2/t8-,9+,10-,11?/m1/s1. The summed E-state index contributed by atoms with van der Waals surface area (Å²) in [5.41, 5.74) is 0. The van der Waals surface area contributed by atoms with Crippen molar-refractivity contribution in [1.82, 2.24) is 0 Å². The van der Waals surface area contributed by atoms with Crippen molar-refractivity contribution in [2.24, 2.45) is 5.92 Å². The maximum absolute atomic E-state index is 12.4. The molecule has 3 N–H and O–H groups in total. The van der Waals surface area contributed by atoms with Crippen LogP contribution in [-0.2, 0) is 9.84 Å². The lowest BCUT2D eigenvalue weighted by Gasteiger charge is -2.34. The third-order valence-corrected chi connectivity index (χ3v) is 3.81. The van der Waals surface area contributed by atoms with E-state index in [2.05, 4.69) is 0 Å². The first-order valence-corrected chi connectivity index (χ1v) is 5.95. The SMILES string of the molecule is [O]C1(C2CCCCC2)O[C@H](CO)[C@H](O)[C@H]1O. The van der Waals surface area contributed by atoms with Crippen molar-refractivity contribution in [2.75, 3.05) is 6.61 Å². The van der Waals surface area contributed by atoms with E-state index in [1.54, 1.807) is 0 Å². The zero-order chi connectivity index (χ0) is 11.8. The highest BCUT2D eigenvalue weighted by molar-refractivity contribution is 4.99. The molecular weight excluding hydrogens is 212 g/mol. The van der Waals surface area contributed by atoms with Gasteiger partial charge >= 0.3 is 0 Å². The Labute approximate surface area is 94.7 Å². The van der Waals surface area contributed by atoms with Gasteiger partial charge in [0.15, 0.2) is 0 Å². The number of aliphatic hydroxyl groups excluding tert-OH is 3. The zero-order valence-corrected chi connectivity index (χ0v) is 9.21. The van der Waals surface area contributed by atoms with E-state index in [4.69, 9.17) is 9.84 Å². The summed E-state index contributed by atoms with van der Waals surface area (Å²) in [4.78, 5) is 0. The van der Waals surface area contributed by atoms with Gasteiger partial charge in [-0.1, -0.05) is 19.3 Å². The van der Waals surface area contributed by atoms with E-state index in [9.17, 15) is 15.3 Å². The summed E-state index contributed by atoms with van der Waals surface area (Å²) in [6, 6.07) is 0. The Bertz CT molecular complexity index is 241. The molecule has 1 radical (unpaired) electrons. The minimum atomic E-state index is -1.94. The van der Waals surface area contributed by atoms with E-state index >= 15 is 0 Å². The molecule has 0 aromatic carbocycles. The minimum absolute atomic E-state index is 0.262. The summed E-state index contributed by atoms with van der Waals surface area (Å²) >= 11 is 0. The summed E-state index contributed by atoms with van der Waals surface area (Å²) in [5.74, 6) is -2.20. The van der Waals surface area contributed by atoms with Crippen molar-refractivity contribution in [3.05, 3.63) is 0 Å². The number of rotatable bonds is 2. The second kappa shape index (κ2) is 4.58. The quantitative estimate of drug-likeness (QED) is 0.614. The van der Waals surface area contributed by atoms with E-state index in [-0.39, 0.29) is 5.92 Å². The molecule has 0 bridgehead atoms. The molecule has 0 amide bonds. The second-order valence-electron chi connectivity index (χ2n) is 4.83. The van der Waals surface area contributed by atoms with Crippen molar-refractivity contribution in [3.8, 4) is 0 Å². The lowest BCUT2D eigenvalue weighted by atomic mass is 9.80. The van der Waals surface area contributed by atoms with E-state index in [1.807, 2.05) is 0 Å². The van der Waals surface area contributed by atoms with Crippen LogP contribution in [0.5, 0.6) is 0 Å². The van der Waals surface area contributed by atoms with Gasteiger partial charge in [-0.15, -0.1) is 0 Å². The smallest absolute Gasteiger partial charge is 0.233 e. The molecule has 2 aliphatic rings. The molecule has 2 rings (SSSR count). The third kappa shape index (κ3) is 1.87. The fourth-order valence-corrected chi connectivity index (χ4v) is 2.81. The molecule has 1 saturated heterocycles. The summed E-state index contributed by atoms with van der Waals surface area (Å²) in [7, 11) is 0. The van der Waals surface area contributed by atoms with Crippen LogP contribution in [0.15, 0.2) is 0 Å². The molecule has 0 spiro atoms. The minimum Gasteiger partial charge on any atom is -0.394 e. The molecule has 4 atom stereocenters. The maximum Gasteiger partial charge on any atom is 0.233 e. The van der Waals surface area contributed by atoms with Crippen molar-refractivity contribution < 1.29 is 25.2 Å². The molecule has 1 unspecified atom stereocenters. The van der Waals surface area contributed by atoms with Crippen LogP contribution < -0.4 is 0 Å². The Morgan fingerprint density at radius 2 is 1.81 bits per heavy atom. The monoisotopic (exact) mass is 231 g/mol. The van der Waals surface area contributed by atoms with Crippen LogP contribution in [0.25, 0.3) is 0 Å². The van der Waals surface area contributed by atoms with Crippen LogP contribution in [-0.4, -0.2) is 46.0 Å². The van der Waals surface area contributed by atoms with Crippen molar-refractivity contribution in [1.29, 1.82) is 0 Å². The van der Waals surface area contributed by atoms with Crippen LogP contribution in [0.3, 0.4) is 0 Å². The van der Waals surface area contributed by atoms with Crippen molar-refractivity contribution in [2.45, 2.75) is 56.2 Å². The molecule has 1 saturated carbocycles. The number of ether oxygens (including phenoxy) is 1. The van der Waals surface area contributed by atoms with Gasteiger partial charge in [0, 0.05) is 5.92 Å². The van der Waals surface area contributed by atoms with Crippen molar-refractivity contribution >= 4 is 0 Å². The Morgan fingerprint density at radius 3 is 2.31 bits per heavy atom. The molecule has 0 aromatic heterocycles. The lowest BCUT2D eigenvalue weighted by molar-refractivity contribution is -0.297. The first-order chi connectivity index (χ1) is 7.59. The van der Waals surface area contributed by atoms with E-state index in [1.165, 1.54) is 0 Å². The van der Waals surface area contributed by atoms with E-state index in [0.29, 0.717) is 0 Å². The topological polar surface area (TPSA) is 89.8 Å². The van der Waals surface area contributed by atoms with Gasteiger partial charge in [0.05, 0.1) is 6.61 Å². The highest BCUT2D eigenvalue weighted by atomic mass is 16.7. The number of aliphatic hydroxyl groups is 3. The summed E-state index contributed by atoms with van der Waals surface area (Å²) in [6.07, 6.45) is 0.826. The van der Waals surface area contributed by atoms with Gasteiger partial charge < -0.3 is 20.1 Å². The van der Waals surface area contributed by atoms with Gasteiger partial charge in [-0.3, -0.25) is 0 Å². The maximum atomic E-state index is 12.4. The molecule has 0 aromatic rings. The largest absolute Gasteiger partial charge is 0.394 e. The van der Waals surface area contributed by atoms with Gasteiger partial charge in [-0.05, 0) is 12.8 Å². The predicted octanol–water partition coefficient (Wildman–Crippen LogP) is -0.194. The molecule has 5 heteroatoms. The first-order valence-electron chi connectivity index (χ1n) is 5.95. The Kier molecular flexibility index (Phi) is 3.51. The van der Waals surface area contributed by atoms with Crippen LogP contribution >= 0.6 is 0 Å². The number of hydrogen-bond donors (Lipinski definition) is 3. The average Bonchev–Trinajstić information content (AvgIpc) is 2.56. The van der Waals surface area contributed by atoms with Crippen LogP contribution in [0, 0.1) is 5.92 Å². The Hall–Kier alpha value is -0.200. The first kappa shape index (κ1) is 12.3. The van der Waals surface area contributed by atoms with Gasteiger partial charge in [0.25, 0.3) is 0 Å². The highest BCUT2D eigenvalue weighted by Crippen LogP contribution is 2.42. The molecule has 16 heavy (non-hydrogen) atoms. The lowest BCUT2D eigenvalue weighted by Crippen LogP contribution is -2.48. The molecule has 2 fully saturated rings. The van der Waals surface area contributed by atoms with E-state index in [0.717, 1.165) is 32.1 Å². The van der Waals surface area contributed by atoms with Gasteiger partial charge in [-0.25, -0.2) is 0 Å². The van der Waals surface area contributed by atoms with Gasteiger partial charge in [0.1, 0.15) is 18.3 Å². The fourth-order valence-electron chi connectivity index (χ4n) is 2.81. The summed E-state index contributed by atoms with van der Waals surface area (Å²) in [6.45, 7) is -0.436. The zero-order valence-electron chi connectivity index (χ0n) is 9.21. The molecular formula is C11H19O5. The molecule has 5 nitrogen and oxygen atoms in total. The normalized spacial score (nSPS) is 46.1. The fraction of sp³-hybridized carbons (Fsp3) is 1.00. The van der Waals surface area contributed by atoms with Crippen molar-refractivity contribution in [3.63, 3.8) is 0 Å². The predicted molar refractivity (Wildman–Crippen MR) is 54.0 cm³/mol. The van der Waals surface area contributed by atoms with Crippen LogP contribution in [0.1, 0.15) is 32.1 Å². The van der Waals surface area contributed by atoms with Gasteiger partial charge in [0.2, 0.25) is 5.79 Å². The second-order valence-corrected chi connectivity index (χ2v) is 4.83. The Morgan fingerprint density at radius 1 is 1.19 bits per heavy atom. The Balaban J connectivity index is 2.11. The molecule has 1 aliphatic heterocycles.